The quantitative estimate of drug-likeness (QED) is 0.800. The lowest BCUT2D eigenvalue weighted by atomic mass is 9.78. The molecule has 0 amide bonds. The van der Waals surface area contributed by atoms with Crippen molar-refractivity contribution in [3.63, 3.8) is 0 Å². The summed E-state index contributed by atoms with van der Waals surface area (Å²) < 4.78 is 5.03. The summed E-state index contributed by atoms with van der Waals surface area (Å²) in [5.74, 6) is 1.75. The third kappa shape index (κ3) is 2.15. The summed E-state index contributed by atoms with van der Waals surface area (Å²) in [4.78, 5) is 8.34. The normalized spacial score (nSPS) is 18.0. The number of halogens is 1. The highest BCUT2D eigenvalue weighted by molar-refractivity contribution is 6.18. The van der Waals surface area contributed by atoms with Crippen molar-refractivity contribution in [3.05, 3.63) is 12.3 Å². The van der Waals surface area contributed by atoms with Gasteiger partial charge in [0.05, 0.1) is 12.6 Å². The zero-order valence-corrected chi connectivity index (χ0v) is 9.42. The van der Waals surface area contributed by atoms with Crippen molar-refractivity contribution in [1.82, 2.24) is 9.97 Å². The van der Waals surface area contributed by atoms with Crippen molar-refractivity contribution in [3.8, 4) is 5.88 Å². The Morgan fingerprint density at radius 1 is 1.60 bits per heavy atom. The predicted octanol–water partition coefficient (Wildman–Crippen LogP) is 2.06. The number of rotatable bonds is 4. The second-order valence-corrected chi connectivity index (χ2v) is 4.08. The van der Waals surface area contributed by atoms with Gasteiger partial charge in [-0.3, -0.25) is 0 Å². The fraction of sp³-hybridized carbons (Fsp3) is 0.600. The minimum Gasteiger partial charge on any atom is -0.481 e. The molecule has 0 atom stereocenters. The summed E-state index contributed by atoms with van der Waals surface area (Å²) in [6.45, 7) is 0. The van der Waals surface area contributed by atoms with E-state index >= 15 is 0 Å². The molecule has 0 bridgehead atoms. The Kier molecular flexibility index (Phi) is 2.95. The summed E-state index contributed by atoms with van der Waals surface area (Å²) in [5.41, 5.74) is -0.00603. The van der Waals surface area contributed by atoms with E-state index in [-0.39, 0.29) is 5.54 Å². The number of aromatic nitrogens is 2. The van der Waals surface area contributed by atoms with E-state index < -0.39 is 0 Å². The van der Waals surface area contributed by atoms with Crippen LogP contribution in [0.25, 0.3) is 0 Å². The lowest BCUT2D eigenvalue weighted by Crippen LogP contribution is -2.47. The summed E-state index contributed by atoms with van der Waals surface area (Å²) in [6, 6.07) is 1.72. The molecule has 0 radical (unpaired) electrons. The van der Waals surface area contributed by atoms with Crippen LogP contribution in [0.5, 0.6) is 5.88 Å². The maximum atomic E-state index is 5.93. The molecule has 5 heteroatoms. The smallest absolute Gasteiger partial charge is 0.226 e. The molecule has 4 nitrogen and oxygen atoms in total. The fourth-order valence-electron chi connectivity index (χ4n) is 1.65. The molecule has 1 aromatic rings. The van der Waals surface area contributed by atoms with Gasteiger partial charge in [-0.2, -0.15) is 4.98 Å². The first-order chi connectivity index (χ1) is 7.28. The number of nitrogens with one attached hydrogen (secondary N) is 1. The van der Waals surface area contributed by atoms with E-state index in [4.69, 9.17) is 16.3 Å². The molecule has 1 aromatic heterocycles. The Morgan fingerprint density at radius 2 is 2.40 bits per heavy atom. The van der Waals surface area contributed by atoms with Crippen LogP contribution in [0.3, 0.4) is 0 Å². The van der Waals surface area contributed by atoms with Gasteiger partial charge in [0, 0.05) is 18.1 Å². The van der Waals surface area contributed by atoms with Crippen LogP contribution in [0.2, 0.25) is 0 Å². The molecule has 2 rings (SSSR count). The van der Waals surface area contributed by atoms with Crippen LogP contribution in [0.4, 0.5) is 5.95 Å². The molecule has 1 heterocycles. The molecule has 0 aromatic carbocycles. The number of ether oxygens (including phenoxy) is 1. The fourth-order valence-corrected chi connectivity index (χ4v) is 1.98. The summed E-state index contributed by atoms with van der Waals surface area (Å²) in [6.07, 6.45) is 5.05. The molecule has 0 unspecified atom stereocenters. The Morgan fingerprint density at radius 3 is 2.93 bits per heavy atom. The van der Waals surface area contributed by atoms with Gasteiger partial charge in [-0.25, -0.2) is 4.98 Å². The van der Waals surface area contributed by atoms with Crippen molar-refractivity contribution >= 4 is 17.5 Å². The average Bonchev–Trinajstić information content (AvgIpc) is 2.24. The van der Waals surface area contributed by atoms with E-state index in [1.54, 1.807) is 19.4 Å². The number of nitrogens with zero attached hydrogens (tertiary/aromatic N) is 2. The number of alkyl halides is 1. The minimum absolute atomic E-state index is 0.00603. The largest absolute Gasteiger partial charge is 0.481 e. The topological polar surface area (TPSA) is 47.0 Å². The second-order valence-electron chi connectivity index (χ2n) is 3.82. The third-order valence-corrected chi connectivity index (χ3v) is 3.29. The van der Waals surface area contributed by atoms with E-state index in [2.05, 4.69) is 15.3 Å². The van der Waals surface area contributed by atoms with Crippen LogP contribution in [0.1, 0.15) is 19.3 Å². The van der Waals surface area contributed by atoms with Crippen LogP contribution in [-0.2, 0) is 0 Å². The maximum Gasteiger partial charge on any atom is 0.226 e. The van der Waals surface area contributed by atoms with Crippen LogP contribution in [0.15, 0.2) is 12.3 Å². The summed E-state index contributed by atoms with van der Waals surface area (Å²) in [7, 11) is 1.59. The Labute approximate surface area is 94.0 Å². The van der Waals surface area contributed by atoms with Crippen LogP contribution >= 0.6 is 11.6 Å². The predicted molar refractivity (Wildman–Crippen MR) is 59.5 cm³/mol. The minimum atomic E-state index is -0.00603. The lowest BCUT2D eigenvalue weighted by molar-refractivity contribution is 0.308. The lowest BCUT2D eigenvalue weighted by Gasteiger charge is -2.40. The highest BCUT2D eigenvalue weighted by Crippen LogP contribution is 2.35. The molecule has 1 aliphatic rings. The van der Waals surface area contributed by atoms with E-state index in [0.29, 0.717) is 17.7 Å². The Hall–Kier alpha value is -1.03. The third-order valence-electron chi connectivity index (χ3n) is 2.78. The highest BCUT2D eigenvalue weighted by Gasteiger charge is 2.36. The van der Waals surface area contributed by atoms with Gasteiger partial charge in [0.25, 0.3) is 0 Å². The zero-order valence-electron chi connectivity index (χ0n) is 8.66. The number of hydrogen-bond acceptors (Lipinski definition) is 4. The van der Waals surface area contributed by atoms with E-state index in [9.17, 15) is 0 Å². The van der Waals surface area contributed by atoms with Gasteiger partial charge in [-0.15, -0.1) is 11.6 Å². The summed E-state index contributed by atoms with van der Waals surface area (Å²) >= 11 is 5.93. The number of anilines is 1. The van der Waals surface area contributed by atoms with Gasteiger partial charge in [0.2, 0.25) is 11.8 Å². The van der Waals surface area contributed by atoms with E-state index in [0.717, 1.165) is 12.8 Å². The van der Waals surface area contributed by atoms with Gasteiger partial charge >= 0.3 is 0 Å². The summed E-state index contributed by atoms with van der Waals surface area (Å²) in [5, 5.41) is 3.28. The van der Waals surface area contributed by atoms with Gasteiger partial charge in [0.1, 0.15) is 0 Å². The first-order valence-corrected chi connectivity index (χ1v) is 5.53. The monoisotopic (exact) mass is 227 g/mol. The molecule has 0 saturated heterocycles. The van der Waals surface area contributed by atoms with Crippen molar-refractivity contribution < 1.29 is 4.74 Å². The molecule has 1 fully saturated rings. The molecule has 0 spiro atoms. The molecule has 15 heavy (non-hydrogen) atoms. The molecule has 0 aliphatic heterocycles. The van der Waals surface area contributed by atoms with Crippen LogP contribution in [-0.4, -0.2) is 28.5 Å². The SMILES string of the molecule is COc1ccnc(NC2(CCl)CCC2)n1. The van der Waals surface area contributed by atoms with Crippen LogP contribution < -0.4 is 10.1 Å². The van der Waals surface area contributed by atoms with Crippen molar-refractivity contribution in [2.75, 3.05) is 18.3 Å². The Bertz CT molecular complexity index is 336. The van der Waals surface area contributed by atoms with Crippen LogP contribution in [0, 0.1) is 0 Å². The van der Waals surface area contributed by atoms with E-state index in [1.807, 2.05) is 0 Å². The van der Waals surface area contributed by atoms with Gasteiger partial charge in [-0.05, 0) is 19.3 Å². The maximum absolute atomic E-state index is 5.93. The number of methoxy groups -OCH3 is 1. The molecule has 1 aliphatic carbocycles. The van der Waals surface area contributed by atoms with Gasteiger partial charge < -0.3 is 10.1 Å². The Balaban J connectivity index is 2.09. The van der Waals surface area contributed by atoms with Gasteiger partial charge in [0.15, 0.2) is 0 Å². The molecule has 1 N–H and O–H groups in total. The van der Waals surface area contributed by atoms with Crippen molar-refractivity contribution in [1.29, 1.82) is 0 Å². The average molecular weight is 228 g/mol. The molecule has 1 saturated carbocycles. The number of hydrogen-bond donors (Lipinski definition) is 1. The highest BCUT2D eigenvalue weighted by atomic mass is 35.5. The second kappa shape index (κ2) is 4.23. The molecular weight excluding hydrogens is 214 g/mol. The van der Waals surface area contributed by atoms with Crippen molar-refractivity contribution in [2.24, 2.45) is 0 Å². The first-order valence-electron chi connectivity index (χ1n) is 4.99. The molecule has 82 valence electrons. The zero-order chi connectivity index (χ0) is 10.7. The molecular formula is C10H14ClN3O. The first kappa shape index (κ1) is 10.5. The van der Waals surface area contributed by atoms with Gasteiger partial charge in [-0.1, -0.05) is 0 Å². The standard InChI is InChI=1S/C10H14ClN3O/c1-15-8-3-6-12-9(13-8)14-10(7-11)4-2-5-10/h3,6H,2,4-5,7H2,1H3,(H,12,13,14). The van der Waals surface area contributed by atoms with E-state index in [1.165, 1.54) is 6.42 Å². The van der Waals surface area contributed by atoms with Crippen molar-refractivity contribution in [2.45, 2.75) is 24.8 Å².